The van der Waals surface area contributed by atoms with Crippen LogP contribution >= 0.6 is 34.8 Å². The lowest BCUT2D eigenvalue weighted by Gasteiger charge is -2.12. The Balaban J connectivity index is 2.02. The van der Waals surface area contributed by atoms with Crippen molar-refractivity contribution in [3.63, 3.8) is 0 Å². The minimum absolute atomic E-state index is 0.374. The van der Waals surface area contributed by atoms with Gasteiger partial charge in [0, 0.05) is 11.1 Å². The van der Waals surface area contributed by atoms with Crippen LogP contribution in [0, 0.1) is 0 Å². The molecule has 7 heteroatoms. The molecule has 0 spiro atoms. The maximum atomic E-state index is 12.2. The van der Waals surface area contributed by atoms with E-state index in [4.69, 9.17) is 39.2 Å². The minimum Gasteiger partial charge on any atom is -0.422 e. The predicted octanol–water partition coefficient (Wildman–Crippen LogP) is 4.77. The Morgan fingerprint density at radius 2 is 1.75 bits per heavy atom. The molecule has 0 aliphatic carbocycles. The van der Waals surface area contributed by atoms with E-state index in [9.17, 15) is 9.59 Å². The molecule has 1 N–H and O–H groups in total. The average molecular weight is 383 g/mol. The molecule has 3 rings (SSSR count). The number of nitrogens with one attached hydrogen (secondary N) is 1. The van der Waals surface area contributed by atoms with Crippen molar-refractivity contribution in [3.8, 4) is 11.1 Å². The monoisotopic (exact) mass is 381 g/mol. The fourth-order valence-electron chi connectivity index (χ4n) is 2.23. The first-order valence-corrected chi connectivity index (χ1v) is 7.99. The first-order chi connectivity index (χ1) is 11.3. The number of carbonyl (C=O) groups excluding carboxylic acids is 1. The molecule has 0 atom stereocenters. The predicted molar refractivity (Wildman–Crippen MR) is 96.8 cm³/mol. The van der Waals surface area contributed by atoms with Crippen LogP contribution in [0.2, 0.25) is 0 Å². The van der Waals surface area contributed by atoms with Gasteiger partial charge in [-0.3, -0.25) is 4.79 Å². The lowest BCUT2D eigenvalue weighted by molar-refractivity contribution is -0.115. The van der Waals surface area contributed by atoms with Crippen LogP contribution in [-0.2, 0) is 4.79 Å². The molecule has 0 fully saturated rings. The summed E-state index contributed by atoms with van der Waals surface area (Å²) in [5.41, 5.74) is 1.39. The van der Waals surface area contributed by atoms with Crippen LogP contribution in [0.5, 0.6) is 0 Å². The van der Waals surface area contributed by atoms with Gasteiger partial charge in [-0.05, 0) is 29.8 Å². The number of hydrogen-bond donors (Lipinski definition) is 1. The molecule has 2 aromatic carbocycles. The maximum absolute atomic E-state index is 12.2. The van der Waals surface area contributed by atoms with Crippen molar-refractivity contribution in [3.05, 3.63) is 65.0 Å². The molecule has 0 radical (unpaired) electrons. The summed E-state index contributed by atoms with van der Waals surface area (Å²) in [6.45, 7) is 0. The second-order valence-corrected chi connectivity index (χ2v) is 7.30. The first-order valence-electron chi connectivity index (χ1n) is 6.86. The summed E-state index contributed by atoms with van der Waals surface area (Å²) in [5, 5.41) is 3.28. The summed E-state index contributed by atoms with van der Waals surface area (Å²) >= 11 is 16.6. The van der Waals surface area contributed by atoms with Gasteiger partial charge in [0.25, 0.3) is 9.70 Å². The Hall–Kier alpha value is -2.01. The number of alkyl halides is 3. The molecular weight excluding hydrogens is 373 g/mol. The molecule has 1 aromatic heterocycles. The fourth-order valence-corrected chi connectivity index (χ4v) is 2.37. The van der Waals surface area contributed by atoms with Gasteiger partial charge in [-0.15, -0.1) is 0 Å². The number of benzene rings is 2. The topological polar surface area (TPSA) is 59.3 Å². The van der Waals surface area contributed by atoms with Gasteiger partial charge >= 0.3 is 5.63 Å². The van der Waals surface area contributed by atoms with Crippen LogP contribution in [0.3, 0.4) is 0 Å². The highest BCUT2D eigenvalue weighted by molar-refractivity contribution is 6.76. The second-order valence-electron chi connectivity index (χ2n) is 5.02. The number of amides is 1. The van der Waals surface area contributed by atoms with Crippen molar-refractivity contribution in [1.29, 1.82) is 0 Å². The lowest BCUT2D eigenvalue weighted by Crippen LogP contribution is -2.26. The number of fused-ring (bicyclic) bond motifs is 1. The summed E-state index contributed by atoms with van der Waals surface area (Å²) in [6.07, 6.45) is 0. The Bertz CT molecular complexity index is 976. The zero-order valence-corrected chi connectivity index (χ0v) is 14.3. The van der Waals surface area contributed by atoms with E-state index in [1.54, 1.807) is 42.5 Å². The molecule has 1 heterocycles. The number of rotatable bonds is 2. The van der Waals surface area contributed by atoms with Gasteiger partial charge in [-0.2, -0.15) is 0 Å². The SMILES string of the molecule is O=C(Nc1cccc(-c2cc3ccccc3oc2=O)c1)C(Cl)(Cl)Cl. The van der Waals surface area contributed by atoms with Gasteiger partial charge in [0.1, 0.15) is 5.58 Å². The molecule has 1 amide bonds. The lowest BCUT2D eigenvalue weighted by atomic mass is 10.1. The summed E-state index contributed by atoms with van der Waals surface area (Å²) < 4.78 is 3.24. The van der Waals surface area contributed by atoms with E-state index >= 15 is 0 Å². The molecule has 0 aliphatic rings. The van der Waals surface area contributed by atoms with Crippen LogP contribution in [0.4, 0.5) is 5.69 Å². The first kappa shape index (κ1) is 16.8. The maximum Gasteiger partial charge on any atom is 0.344 e. The normalized spacial score (nSPS) is 11.5. The van der Waals surface area contributed by atoms with Crippen LogP contribution in [-0.4, -0.2) is 9.70 Å². The molecular formula is C17H10Cl3NO3. The molecule has 3 aromatic rings. The van der Waals surface area contributed by atoms with Gasteiger partial charge in [0.15, 0.2) is 0 Å². The van der Waals surface area contributed by atoms with E-state index in [-0.39, 0.29) is 0 Å². The van der Waals surface area contributed by atoms with Gasteiger partial charge in [0.2, 0.25) is 0 Å². The van der Waals surface area contributed by atoms with Crippen molar-refractivity contribution in [2.75, 3.05) is 5.32 Å². The summed E-state index contributed by atoms with van der Waals surface area (Å²) in [6, 6.07) is 15.6. The Labute approximate surface area is 151 Å². The van der Waals surface area contributed by atoms with Crippen LogP contribution in [0.15, 0.2) is 63.8 Å². The second kappa shape index (κ2) is 6.48. The molecule has 4 nitrogen and oxygen atoms in total. The van der Waals surface area contributed by atoms with E-state index in [0.29, 0.717) is 22.4 Å². The van der Waals surface area contributed by atoms with E-state index in [1.165, 1.54) is 0 Å². The highest BCUT2D eigenvalue weighted by Gasteiger charge is 2.30. The van der Waals surface area contributed by atoms with Crippen LogP contribution in [0.1, 0.15) is 0 Å². The molecule has 0 unspecified atom stereocenters. The zero-order chi connectivity index (χ0) is 17.3. The summed E-state index contributed by atoms with van der Waals surface area (Å²) in [4.78, 5) is 23.9. The molecule has 0 saturated carbocycles. The Morgan fingerprint density at radius 3 is 2.50 bits per heavy atom. The number of hydrogen-bond acceptors (Lipinski definition) is 3. The minimum atomic E-state index is -2.07. The quantitative estimate of drug-likeness (QED) is 0.513. The molecule has 0 aliphatic heterocycles. The van der Waals surface area contributed by atoms with E-state index in [2.05, 4.69) is 5.32 Å². The molecule has 0 saturated heterocycles. The van der Waals surface area contributed by atoms with Crippen molar-refractivity contribution >= 4 is 57.4 Å². The number of para-hydroxylation sites is 1. The summed E-state index contributed by atoms with van der Waals surface area (Å²) in [7, 11) is 0. The summed E-state index contributed by atoms with van der Waals surface area (Å²) in [5.74, 6) is -0.782. The third-order valence-electron chi connectivity index (χ3n) is 3.33. The van der Waals surface area contributed by atoms with Gasteiger partial charge in [0.05, 0.1) is 5.56 Å². The molecule has 0 bridgehead atoms. The fraction of sp³-hybridized carbons (Fsp3) is 0.0588. The van der Waals surface area contributed by atoms with Gasteiger partial charge < -0.3 is 9.73 Å². The van der Waals surface area contributed by atoms with Crippen molar-refractivity contribution in [2.45, 2.75) is 3.79 Å². The van der Waals surface area contributed by atoms with Gasteiger partial charge in [-0.25, -0.2) is 4.79 Å². The van der Waals surface area contributed by atoms with Crippen molar-refractivity contribution in [1.82, 2.24) is 0 Å². The third-order valence-corrected chi connectivity index (χ3v) is 3.85. The number of halogens is 3. The van der Waals surface area contributed by atoms with Gasteiger partial charge in [-0.1, -0.05) is 65.1 Å². The van der Waals surface area contributed by atoms with Crippen LogP contribution in [0.25, 0.3) is 22.1 Å². The van der Waals surface area contributed by atoms with E-state index in [0.717, 1.165) is 5.39 Å². The largest absolute Gasteiger partial charge is 0.422 e. The number of carbonyl (C=O) groups is 1. The highest BCUT2D eigenvalue weighted by Crippen LogP contribution is 2.29. The standard InChI is InChI=1S/C17H10Cl3NO3/c18-17(19,20)16(23)21-12-6-3-5-10(8-12)13-9-11-4-1-2-7-14(11)24-15(13)22/h1-9H,(H,21,23). The van der Waals surface area contributed by atoms with E-state index in [1.807, 2.05) is 12.1 Å². The van der Waals surface area contributed by atoms with Crippen molar-refractivity contribution < 1.29 is 9.21 Å². The highest BCUT2D eigenvalue weighted by atomic mass is 35.6. The third kappa shape index (κ3) is 3.56. The Morgan fingerprint density at radius 1 is 1.00 bits per heavy atom. The smallest absolute Gasteiger partial charge is 0.344 e. The molecule has 122 valence electrons. The molecule has 24 heavy (non-hydrogen) atoms. The average Bonchev–Trinajstić information content (AvgIpc) is 2.53. The Kier molecular flexibility index (Phi) is 4.54. The van der Waals surface area contributed by atoms with Crippen molar-refractivity contribution in [2.24, 2.45) is 0 Å². The van der Waals surface area contributed by atoms with Crippen LogP contribution < -0.4 is 10.9 Å². The zero-order valence-electron chi connectivity index (χ0n) is 12.1. The number of anilines is 1. The van der Waals surface area contributed by atoms with E-state index < -0.39 is 15.3 Å².